The van der Waals surface area contributed by atoms with Gasteiger partial charge in [0, 0.05) is 51.9 Å². The third kappa shape index (κ3) is 3.90. The summed E-state index contributed by atoms with van der Waals surface area (Å²) in [6.45, 7) is 6.88. The number of nitrogens with zero attached hydrogens (tertiary/aromatic N) is 5. The first-order valence-electron chi connectivity index (χ1n) is 8.58. The molecule has 1 aliphatic rings. The molecule has 0 atom stereocenters. The number of hydrogen-bond donors (Lipinski definition) is 0. The van der Waals surface area contributed by atoms with E-state index < -0.39 is 0 Å². The lowest BCUT2D eigenvalue weighted by molar-refractivity contribution is 0.0746. The van der Waals surface area contributed by atoms with Crippen molar-refractivity contribution >= 4 is 17.5 Å². The first-order valence-corrected chi connectivity index (χ1v) is 8.58. The minimum absolute atomic E-state index is 0.108. The maximum Gasteiger partial charge on any atom is 0.253 e. The van der Waals surface area contributed by atoms with Crippen molar-refractivity contribution in [1.29, 1.82) is 0 Å². The van der Waals surface area contributed by atoms with Crippen molar-refractivity contribution in [3.05, 3.63) is 47.3 Å². The fourth-order valence-corrected chi connectivity index (χ4v) is 3.03. The third-order valence-electron chi connectivity index (χ3n) is 4.43. The molecule has 0 spiro atoms. The minimum atomic E-state index is 0.108. The Morgan fingerprint density at radius 1 is 1.04 bits per heavy atom. The molecule has 0 unspecified atom stereocenters. The quantitative estimate of drug-likeness (QED) is 0.857. The van der Waals surface area contributed by atoms with Crippen LogP contribution in [-0.2, 0) is 0 Å². The Hall–Kier alpha value is -2.63. The Kier molecular flexibility index (Phi) is 4.88. The average molecular weight is 339 g/mol. The molecule has 0 aliphatic carbocycles. The number of piperazine rings is 1. The van der Waals surface area contributed by atoms with Crippen molar-refractivity contribution in [3.63, 3.8) is 0 Å². The highest BCUT2D eigenvalue weighted by atomic mass is 16.2. The molecule has 1 amide bonds. The van der Waals surface area contributed by atoms with Gasteiger partial charge >= 0.3 is 0 Å². The van der Waals surface area contributed by atoms with Gasteiger partial charge in [-0.3, -0.25) is 4.79 Å². The van der Waals surface area contributed by atoms with Crippen molar-refractivity contribution in [1.82, 2.24) is 14.9 Å². The number of benzene rings is 1. The smallest absolute Gasteiger partial charge is 0.253 e. The van der Waals surface area contributed by atoms with E-state index in [0.717, 1.165) is 41.7 Å². The van der Waals surface area contributed by atoms with Gasteiger partial charge in [-0.1, -0.05) is 17.7 Å². The highest BCUT2D eigenvalue weighted by Crippen LogP contribution is 2.20. The van der Waals surface area contributed by atoms with E-state index >= 15 is 0 Å². The van der Waals surface area contributed by atoms with Gasteiger partial charge in [-0.15, -0.1) is 0 Å². The van der Waals surface area contributed by atoms with E-state index in [4.69, 9.17) is 0 Å². The standard InChI is InChI=1S/C19H25N5O/c1-14-6-5-7-16(12-14)19(25)24-10-8-23(9-11-24)18-13-17(22(3)4)20-15(2)21-18/h5-7,12-13H,8-11H2,1-4H3. The van der Waals surface area contributed by atoms with Gasteiger partial charge in [-0.25, -0.2) is 9.97 Å². The number of aromatic nitrogens is 2. The maximum atomic E-state index is 12.7. The van der Waals surface area contributed by atoms with Crippen LogP contribution in [0.4, 0.5) is 11.6 Å². The first kappa shape index (κ1) is 17.2. The van der Waals surface area contributed by atoms with Crippen molar-refractivity contribution in [2.24, 2.45) is 0 Å². The number of rotatable bonds is 3. The predicted molar refractivity (Wildman–Crippen MR) is 100 cm³/mol. The molecule has 1 aliphatic heterocycles. The van der Waals surface area contributed by atoms with Crippen LogP contribution >= 0.6 is 0 Å². The van der Waals surface area contributed by atoms with Crippen LogP contribution < -0.4 is 9.80 Å². The molecule has 0 saturated carbocycles. The first-order chi connectivity index (χ1) is 11.9. The van der Waals surface area contributed by atoms with Gasteiger partial charge in [0.05, 0.1) is 0 Å². The Bertz CT molecular complexity index is 766. The number of anilines is 2. The molecule has 132 valence electrons. The summed E-state index contributed by atoms with van der Waals surface area (Å²) in [6, 6.07) is 9.79. The summed E-state index contributed by atoms with van der Waals surface area (Å²) in [6.07, 6.45) is 0. The molecule has 1 aromatic heterocycles. The van der Waals surface area contributed by atoms with Crippen LogP contribution in [0.1, 0.15) is 21.7 Å². The highest BCUT2D eigenvalue weighted by Gasteiger charge is 2.23. The van der Waals surface area contributed by atoms with Crippen LogP contribution in [0.2, 0.25) is 0 Å². The molecule has 1 aromatic carbocycles. The van der Waals surface area contributed by atoms with E-state index in [1.54, 1.807) is 0 Å². The second-order valence-corrected chi connectivity index (χ2v) is 6.67. The molecule has 1 fully saturated rings. The second-order valence-electron chi connectivity index (χ2n) is 6.67. The Balaban J connectivity index is 1.69. The molecule has 3 rings (SSSR count). The minimum Gasteiger partial charge on any atom is -0.363 e. The largest absolute Gasteiger partial charge is 0.363 e. The molecule has 0 N–H and O–H groups in total. The summed E-state index contributed by atoms with van der Waals surface area (Å²) in [5.74, 6) is 2.70. The molecule has 2 aromatic rings. The topological polar surface area (TPSA) is 52.6 Å². The van der Waals surface area contributed by atoms with E-state index in [1.165, 1.54) is 0 Å². The highest BCUT2D eigenvalue weighted by molar-refractivity contribution is 5.94. The number of amides is 1. The van der Waals surface area contributed by atoms with Crippen LogP contribution in [0.5, 0.6) is 0 Å². The SMILES string of the molecule is Cc1cccc(C(=O)N2CCN(c3cc(N(C)C)nc(C)n3)CC2)c1. The van der Waals surface area contributed by atoms with Crippen molar-refractivity contribution in [2.45, 2.75) is 13.8 Å². The van der Waals surface area contributed by atoms with Gasteiger partial charge in [0.25, 0.3) is 5.91 Å². The van der Waals surface area contributed by atoms with Gasteiger partial charge in [-0.05, 0) is 26.0 Å². The van der Waals surface area contributed by atoms with Crippen molar-refractivity contribution < 1.29 is 4.79 Å². The Labute approximate surface area is 149 Å². The number of aryl methyl sites for hydroxylation is 2. The van der Waals surface area contributed by atoms with Gasteiger partial charge < -0.3 is 14.7 Å². The lowest BCUT2D eigenvalue weighted by Gasteiger charge is -2.35. The predicted octanol–water partition coefficient (Wildman–Crippen LogP) is 2.12. The summed E-state index contributed by atoms with van der Waals surface area (Å²) in [5, 5.41) is 0. The molecule has 1 saturated heterocycles. The van der Waals surface area contributed by atoms with E-state index in [2.05, 4.69) is 14.9 Å². The van der Waals surface area contributed by atoms with E-state index in [-0.39, 0.29) is 5.91 Å². The normalized spacial score (nSPS) is 14.6. The number of hydrogen-bond acceptors (Lipinski definition) is 5. The lowest BCUT2D eigenvalue weighted by atomic mass is 10.1. The van der Waals surface area contributed by atoms with Crippen molar-refractivity contribution in [2.75, 3.05) is 50.1 Å². The summed E-state index contributed by atoms with van der Waals surface area (Å²) in [5.41, 5.74) is 1.87. The molecule has 2 heterocycles. The fourth-order valence-electron chi connectivity index (χ4n) is 3.03. The van der Waals surface area contributed by atoms with Gasteiger partial charge in [0.1, 0.15) is 17.5 Å². The van der Waals surface area contributed by atoms with E-state index in [1.807, 2.05) is 68.1 Å². The zero-order valence-electron chi connectivity index (χ0n) is 15.4. The second kappa shape index (κ2) is 7.09. The van der Waals surface area contributed by atoms with Crippen LogP contribution in [0.15, 0.2) is 30.3 Å². The van der Waals surface area contributed by atoms with Gasteiger partial charge in [-0.2, -0.15) is 0 Å². The molecule has 6 heteroatoms. The molecule has 0 bridgehead atoms. The van der Waals surface area contributed by atoms with Crippen LogP contribution in [0.25, 0.3) is 0 Å². The van der Waals surface area contributed by atoms with Crippen LogP contribution in [0, 0.1) is 13.8 Å². The van der Waals surface area contributed by atoms with Gasteiger partial charge in [0.15, 0.2) is 0 Å². The number of carbonyl (C=O) groups is 1. The average Bonchev–Trinajstić information content (AvgIpc) is 2.60. The monoisotopic (exact) mass is 339 g/mol. The molecular formula is C19H25N5O. The Morgan fingerprint density at radius 3 is 2.40 bits per heavy atom. The molecule has 6 nitrogen and oxygen atoms in total. The summed E-state index contributed by atoms with van der Waals surface area (Å²) in [4.78, 5) is 27.8. The summed E-state index contributed by atoms with van der Waals surface area (Å²) < 4.78 is 0. The van der Waals surface area contributed by atoms with Crippen molar-refractivity contribution in [3.8, 4) is 0 Å². The summed E-state index contributed by atoms with van der Waals surface area (Å²) in [7, 11) is 3.95. The Morgan fingerprint density at radius 2 is 1.76 bits per heavy atom. The third-order valence-corrected chi connectivity index (χ3v) is 4.43. The lowest BCUT2D eigenvalue weighted by Crippen LogP contribution is -2.49. The maximum absolute atomic E-state index is 12.7. The van der Waals surface area contributed by atoms with Crippen LogP contribution in [0.3, 0.4) is 0 Å². The van der Waals surface area contributed by atoms with E-state index in [0.29, 0.717) is 13.1 Å². The number of carbonyl (C=O) groups excluding carboxylic acids is 1. The zero-order valence-corrected chi connectivity index (χ0v) is 15.4. The zero-order chi connectivity index (χ0) is 18.0. The van der Waals surface area contributed by atoms with Gasteiger partial charge in [0.2, 0.25) is 0 Å². The molecule has 25 heavy (non-hydrogen) atoms. The van der Waals surface area contributed by atoms with Crippen LogP contribution in [-0.4, -0.2) is 61.0 Å². The molecular weight excluding hydrogens is 314 g/mol. The molecule has 0 radical (unpaired) electrons. The summed E-state index contributed by atoms with van der Waals surface area (Å²) >= 11 is 0. The van der Waals surface area contributed by atoms with E-state index in [9.17, 15) is 4.79 Å². The fraction of sp³-hybridized carbons (Fsp3) is 0.421.